The Kier molecular flexibility index (Phi) is 7.63. The van der Waals surface area contributed by atoms with Gasteiger partial charge in [0.05, 0.1) is 28.9 Å². The molecular weight excluding hydrogens is 544 g/mol. The first-order valence-corrected chi connectivity index (χ1v) is 13.5. The lowest BCUT2D eigenvalue weighted by Crippen LogP contribution is -2.52. The molecule has 1 fully saturated rings. The monoisotopic (exact) mass is 568 g/mol. The minimum Gasteiger partial charge on any atom is -0.593 e. The van der Waals surface area contributed by atoms with E-state index in [9.17, 15) is 26.9 Å². The molecule has 2 unspecified atom stereocenters. The van der Waals surface area contributed by atoms with Crippen LogP contribution >= 0.6 is 0 Å². The van der Waals surface area contributed by atoms with E-state index in [0.29, 0.717) is 23.4 Å². The van der Waals surface area contributed by atoms with Crippen molar-refractivity contribution in [3.05, 3.63) is 113 Å². The molecule has 0 amide bonds. The number of benzene rings is 2. The summed E-state index contributed by atoms with van der Waals surface area (Å²) in [5, 5.41) is 11.3. The highest BCUT2D eigenvalue weighted by Crippen LogP contribution is 2.48. The summed E-state index contributed by atoms with van der Waals surface area (Å²) in [6.45, 7) is 0.188. The maximum Gasteiger partial charge on any atom is 0.416 e. The summed E-state index contributed by atoms with van der Waals surface area (Å²) in [6.07, 6.45) is 0.218. The van der Waals surface area contributed by atoms with Gasteiger partial charge in [-0.05, 0) is 73.0 Å². The summed E-state index contributed by atoms with van der Waals surface area (Å²) >= 11 is -1.98. The molecule has 0 spiro atoms. The van der Waals surface area contributed by atoms with Gasteiger partial charge in [0.2, 0.25) is 0 Å². The van der Waals surface area contributed by atoms with Gasteiger partial charge in [-0.25, -0.2) is 4.39 Å². The summed E-state index contributed by atoms with van der Waals surface area (Å²) in [6, 6.07) is 15.0. The number of hydrogen-bond acceptors (Lipinski definition) is 6. The summed E-state index contributed by atoms with van der Waals surface area (Å²) in [5.41, 5.74) is 0.440. The molecule has 0 bridgehead atoms. The number of alkyl halides is 3. The lowest BCUT2D eigenvalue weighted by atomic mass is 9.65. The van der Waals surface area contributed by atoms with E-state index >= 15 is 0 Å². The van der Waals surface area contributed by atoms with E-state index in [0.717, 1.165) is 23.9 Å². The lowest BCUT2D eigenvalue weighted by molar-refractivity contribution is -0.137. The fraction of sp³-hybridized carbons (Fsp3) is 0.207. The Labute approximate surface area is 231 Å². The van der Waals surface area contributed by atoms with Gasteiger partial charge in [0.1, 0.15) is 11.5 Å². The van der Waals surface area contributed by atoms with Crippen molar-refractivity contribution in [3.8, 4) is 0 Å². The molecular formula is C29H24F4N4O2S. The first kappa shape index (κ1) is 27.8. The topological polar surface area (TPSA) is 92.1 Å². The quantitative estimate of drug-likeness (QED) is 0.154. The number of hydrogen-bond donors (Lipinski definition) is 2. The number of piperidine rings is 1. The third-order valence-corrected chi connectivity index (χ3v) is 8.51. The van der Waals surface area contributed by atoms with E-state index in [1.165, 1.54) is 34.8 Å². The molecule has 0 radical (unpaired) electrons. The van der Waals surface area contributed by atoms with E-state index in [1.807, 2.05) is 0 Å². The highest BCUT2D eigenvalue weighted by molar-refractivity contribution is 7.89. The lowest BCUT2D eigenvalue weighted by Gasteiger charge is -2.45. The van der Waals surface area contributed by atoms with Crippen LogP contribution in [0.3, 0.4) is 0 Å². The number of rotatable bonds is 7. The average molecular weight is 569 g/mol. The fourth-order valence-electron chi connectivity index (χ4n) is 5.08. The second kappa shape index (κ2) is 11.0. The van der Waals surface area contributed by atoms with Crippen molar-refractivity contribution in [3.63, 3.8) is 0 Å². The SMILES string of the molecule is N=CC1=C(Nc2ccc(F)cc2)C=C2CCN([S+]([O-])c3cccc(C(F)(F)F)c3)CC2(C(=O)c2ccccn2)C1. The van der Waals surface area contributed by atoms with Gasteiger partial charge in [-0.1, -0.05) is 17.7 Å². The molecule has 0 saturated carbocycles. The molecule has 206 valence electrons. The van der Waals surface area contributed by atoms with Gasteiger partial charge in [0, 0.05) is 36.4 Å². The molecule has 3 aromatic rings. The van der Waals surface area contributed by atoms with Crippen LogP contribution in [0.25, 0.3) is 0 Å². The number of nitrogens with zero attached hydrogens (tertiary/aromatic N) is 2. The summed E-state index contributed by atoms with van der Waals surface area (Å²) in [5.74, 6) is -0.722. The van der Waals surface area contributed by atoms with Crippen LogP contribution in [0.5, 0.6) is 0 Å². The molecule has 2 aliphatic rings. The summed E-state index contributed by atoms with van der Waals surface area (Å²) < 4.78 is 68.5. The molecule has 2 N–H and O–H groups in total. The average Bonchev–Trinajstić information content (AvgIpc) is 2.97. The third-order valence-electron chi connectivity index (χ3n) is 7.08. The molecule has 5 rings (SSSR count). The van der Waals surface area contributed by atoms with Crippen LogP contribution in [-0.2, 0) is 17.5 Å². The zero-order valence-corrected chi connectivity index (χ0v) is 21.9. The van der Waals surface area contributed by atoms with Crippen molar-refractivity contribution < 1.29 is 26.9 Å². The van der Waals surface area contributed by atoms with E-state index in [-0.39, 0.29) is 35.9 Å². The van der Waals surface area contributed by atoms with Crippen LogP contribution in [0, 0.1) is 16.6 Å². The maximum absolute atomic E-state index is 14.1. The molecule has 6 nitrogen and oxygen atoms in total. The molecule has 2 aromatic carbocycles. The predicted molar refractivity (Wildman–Crippen MR) is 144 cm³/mol. The smallest absolute Gasteiger partial charge is 0.416 e. The van der Waals surface area contributed by atoms with Crippen molar-refractivity contribution in [2.24, 2.45) is 5.41 Å². The number of ketones is 1. The van der Waals surface area contributed by atoms with Gasteiger partial charge in [-0.2, -0.15) is 13.2 Å². The van der Waals surface area contributed by atoms with E-state index in [2.05, 4.69) is 10.3 Å². The first-order valence-electron chi connectivity index (χ1n) is 12.4. The molecule has 1 aliphatic heterocycles. The number of halogens is 4. The van der Waals surface area contributed by atoms with Crippen molar-refractivity contribution in [1.29, 1.82) is 5.41 Å². The van der Waals surface area contributed by atoms with Gasteiger partial charge in [0.25, 0.3) is 0 Å². The highest BCUT2D eigenvalue weighted by Gasteiger charge is 2.51. The van der Waals surface area contributed by atoms with Crippen LogP contribution in [-0.4, -0.2) is 38.9 Å². The van der Waals surface area contributed by atoms with Gasteiger partial charge in [-0.15, -0.1) is 4.31 Å². The van der Waals surface area contributed by atoms with Gasteiger partial charge < -0.3 is 15.3 Å². The Hall–Kier alpha value is -3.80. The Morgan fingerprint density at radius 3 is 2.58 bits per heavy atom. The molecule has 1 aliphatic carbocycles. The Morgan fingerprint density at radius 2 is 1.90 bits per heavy atom. The number of nitrogens with one attached hydrogen (secondary N) is 2. The maximum atomic E-state index is 14.1. The Balaban J connectivity index is 1.52. The zero-order valence-electron chi connectivity index (χ0n) is 21.0. The highest BCUT2D eigenvalue weighted by atomic mass is 32.2. The summed E-state index contributed by atoms with van der Waals surface area (Å²) in [7, 11) is 0. The van der Waals surface area contributed by atoms with E-state index in [4.69, 9.17) is 5.41 Å². The molecule has 1 saturated heterocycles. The van der Waals surface area contributed by atoms with E-state index in [1.54, 1.807) is 36.4 Å². The molecule has 40 heavy (non-hydrogen) atoms. The van der Waals surface area contributed by atoms with Crippen molar-refractivity contribution in [2.45, 2.75) is 23.9 Å². The van der Waals surface area contributed by atoms with Crippen LogP contribution in [0.15, 0.2) is 101 Å². The normalized spacial score (nSPS) is 20.4. The van der Waals surface area contributed by atoms with E-state index < -0.39 is 34.3 Å². The largest absolute Gasteiger partial charge is 0.593 e. The first-order chi connectivity index (χ1) is 19.1. The number of pyridine rings is 1. The minimum atomic E-state index is -4.59. The second-order valence-electron chi connectivity index (χ2n) is 9.58. The van der Waals surface area contributed by atoms with Crippen molar-refractivity contribution in [2.75, 3.05) is 18.4 Å². The minimum absolute atomic E-state index is 0.0139. The standard InChI is InChI=1S/C29H24F4N4O2S/c30-22-7-9-23(10-8-22)36-26-15-20-11-13-37(40(39)24-5-3-4-21(14-24)29(31,32)33)18-28(20,16-19(26)17-34)27(38)25-6-1-2-12-35-25/h1-10,12,14-15,17,34,36H,11,13,16,18H2. The number of carbonyl (C=O) groups is 1. The Bertz CT molecular complexity index is 1490. The van der Waals surface area contributed by atoms with Crippen LogP contribution in [0.2, 0.25) is 0 Å². The van der Waals surface area contributed by atoms with Crippen LogP contribution in [0.1, 0.15) is 28.9 Å². The Morgan fingerprint density at radius 1 is 1.12 bits per heavy atom. The number of aromatic nitrogens is 1. The summed E-state index contributed by atoms with van der Waals surface area (Å²) in [4.78, 5) is 18.3. The number of allylic oxidation sites excluding steroid dienone is 2. The number of Topliss-reactive ketones (excluding diaryl/α,β-unsaturated/α-hetero) is 1. The second-order valence-corrected chi connectivity index (χ2v) is 11.1. The number of carbonyl (C=O) groups excluding carboxylic acids is 1. The predicted octanol–water partition coefficient (Wildman–Crippen LogP) is 6.18. The van der Waals surface area contributed by atoms with Gasteiger partial charge >= 0.3 is 6.18 Å². The molecule has 2 heterocycles. The third kappa shape index (κ3) is 5.45. The van der Waals surface area contributed by atoms with Crippen molar-refractivity contribution >= 4 is 29.0 Å². The molecule has 1 aromatic heterocycles. The van der Waals surface area contributed by atoms with Crippen molar-refractivity contribution in [1.82, 2.24) is 9.29 Å². The molecule has 11 heteroatoms. The molecule has 2 atom stereocenters. The van der Waals surface area contributed by atoms with Crippen LogP contribution in [0.4, 0.5) is 23.2 Å². The number of anilines is 1. The fourth-order valence-corrected chi connectivity index (χ4v) is 6.39. The zero-order chi connectivity index (χ0) is 28.5. The van der Waals surface area contributed by atoms with Gasteiger partial charge in [-0.3, -0.25) is 9.78 Å². The van der Waals surface area contributed by atoms with Gasteiger partial charge in [0.15, 0.2) is 10.7 Å². The van der Waals surface area contributed by atoms with Crippen LogP contribution < -0.4 is 5.32 Å². The number of fused-ring (bicyclic) bond motifs is 1.